The molecule has 0 saturated carbocycles. The van der Waals surface area contributed by atoms with Crippen LogP contribution < -0.4 is 0 Å². The Morgan fingerprint density at radius 3 is 2.79 bits per heavy atom. The number of nitrogens with zero attached hydrogens (tertiary/aromatic N) is 3. The molecule has 1 N–H and O–H groups in total. The molecule has 0 atom stereocenters. The summed E-state index contributed by atoms with van der Waals surface area (Å²) in [7, 11) is 0. The maximum Gasteiger partial charge on any atom is 0.159 e. The average Bonchev–Trinajstić information content (AvgIpc) is 3.03. The van der Waals surface area contributed by atoms with Gasteiger partial charge in [0.25, 0.3) is 0 Å². The number of rotatable bonds is 3. The first-order valence-corrected chi connectivity index (χ1v) is 9.94. The Morgan fingerprint density at radius 2 is 1.93 bits per heavy atom. The van der Waals surface area contributed by atoms with Crippen LogP contribution in [0.15, 0.2) is 54.7 Å². The second kappa shape index (κ2) is 7.04. The van der Waals surface area contributed by atoms with Gasteiger partial charge in [-0.2, -0.15) is 0 Å². The predicted molar refractivity (Wildman–Crippen MR) is 113 cm³/mol. The first-order valence-electron chi connectivity index (χ1n) is 9.56. The molecule has 2 aromatic heterocycles. The molecule has 1 aliphatic heterocycles. The van der Waals surface area contributed by atoms with Crippen molar-refractivity contribution in [1.29, 1.82) is 0 Å². The number of aromatic nitrogens is 3. The number of para-hydroxylation sites is 1. The fourth-order valence-electron chi connectivity index (χ4n) is 4.01. The predicted octanol–water partition coefficient (Wildman–Crippen LogP) is 5.15. The Hall–Kier alpha value is -2.69. The van der Waals surface area contributed by atoms with Gasteiger partial charge < -0.3 is 4.98 Å². The van der Waals surface area contributed by atoms with Crippen molar-refractivity contribution in [1.82, 2.24) is 19.9 Å². The summed E-state index contributed by atoms with van der Waals surface area (Å²) in [5.41, 5.74) is 7.24. The van der Waals surface area contributed by atoms with Gasteiger partial charge in [0.2, 0.25) is 0 Å². The highest BCUT2D eigenvalue weighted by Gasteiger charge is 2.20. The van der Waals surface area contributed by atoms with Gasteiger partial charge in [-0.25, -0.2) is 9.97 Å². The van der Waals surface area contributed by atoms with Crippen molar-refractivity contribution in [3.05, 3.63) is 82.3 Å². The van der Waals surface area contributed by atoms with E-state index in [0.29, 0.717) is 0 Å². The quantitative estimate of drug-likeness (QED) is 0.528. The van der Waals surface area contributed by atoms with Crippen LogP contribution in [0.25, 0.3) is 22.3 Å². The van der Waals surface area contributed by atoms with Gasteiger partial charge in [0.1, 0.15) is 0 Å². The van der Waals surface area contributed by atoms with Crippen molar-refractivity contribution in [2.24, 2.45) is 0 Å². The Labute approximate surface area is 169 Å². The van der Waals surface area contributed by atoms with Gasteiger partial charge in [0.05, 0.1) is 5.69 Å². The molecule has 0 saturated heterocycles. The summed E-state index contributed by atoms with van der Waals surface area (Å²) >= 11 is 5.99. The zero-order chi connectivity index (χ0) is 19.1. The molecule has 4 aromatic rings. The maximum absolute atomic E-state index is 5.99. The number of aryl methyl sites for hydroxylation is 1. The highest BCUT2D eigenvalue weighted by molar-refractivity contribution is 6.30. The minimum atomic E-state index is 0.727. The SMILES string of the molecule is Cc1[nH]c2ccccc2c1CN1CCc2nc(-c3ccc(Cl)cc3)ncc2C1. The van der Waals surface area contributed by atoms with E-state index in [1.54, 1.807) is 0 Å². The van der Waals surface area contributed by atoms with Gasteiger partial charge in [0.15, 0.2) is 5.82 Å². The van der Waals surface area contributed by atoms with E-state index >= 15 is 0 Å². The second-order valence-corrected chi connectivity index (χ2v) is 7.84. The Kier molecular flexibility index (Phi) is 4.38. The van der Waals surface area contributed by atoms with Crippen LogP contribution >= 0.6 is 11.6 Å². The topological polar surface area (TPSA) is 44.8 Å². The third kappa shape index (κ3) is 3.19. The Bertz CT molecular complexity index is 1150. The molecule has 0 radical (unpaired) electrons. The highest BCUT2D eigenvalue weighted by atomic mass is 35.5. The van der Waals surface area contributed by atoms with E-state index in [1.807, 2.05) is 30.5 Å². The van der Waals surface area contributed by atoms with Gasteiger partial charge in [-0.05, 0) is 42.8 Å². The third-order valence-electron chi connectivity index (χ3n) is 5.52. The largest absolute Gasteiger partial charge is 0.358 e. The number of nitrogens with one attached hydrogen (secondary N) is 1. The highest BCUT2D eigenvalue weighted by Crippen LogP contribution is 2.27. The van der Waals surface area contributed by atoms with Gasteiger partial charge in [-0.1, -0.05) is 29.8 Å². The fourth-order valence-corrected chi connectivity index (χ4v) is 4.14. The van der Waals surface area contributed by atoms with E-state index in [9.17, 15) is 0 Å². The molecular formula is C23H21ClN4. The summed E-state index contributed by atoms with van der Waals surface area (Å²) < 4.78 is 0. The van der Waals surface area contributed by atoms with E-state index in [2.05, 4.69) is 46.1 Å². The fraction of sp³-hybridized carbons (Fsp3) is 0.217. The van der Waals surface area contributed by atoms with E-state index in [0.717, 1.165) is 48.2 Å². The number of H-pyrrole nitrogens is 1. The number of fused-ring (bicyclic) bond motifs is 2. The molecule has 0 amide bonds. The molecule has 28 heavy (non-hydrogen) atoms. The lowest BCUT2D eigenvalue weighted by Crippen LogP contribution is -2.31. The molecule has 0 bridgehead atoms. The summed E-state index contributed by atoms with van der Waals surface area (Å²) in [6.45, 7) is 4.99. The van der Waals surface area contributed by atoms with Crippen molar-refractivity contribution in [3.63, 3.8) is 0 Å². The minimum absolute atomic E-state index is 0.727. The maximum atomic E-state index is 5.99. The Morgan fingerprint density at radius 1 is 1.11 bits per heavy atom. The van der Waals surface area contributed by atoms with Crippen LogP contribution in [0.1, 0.15) is 22.5 Å². The number of hydrogen-bond donors (Lipinski definition) is 1. The number of benzene rings is 2. The monoisotopic (exact) mass is 388 g/mol. The Balaban J connectivity index is 1.38. The number of aromatic amines is 1. The van der Waals surface area contributed by atoms with E-state index in [4.69, 9.17) is 16.6 Å². The summed E-state index contributed by atoms with van der Waals surface area (Å²) in [5.74, 6) is 0.774. The normalized spacial score (nSPS) is 14.4. The van der Waals surface area contributed by atoms with Crippen molar-refractivity contribution in [3.8, 4) is 11.4 Å². The van der Waals surface area contributed by atoms with Crippen LogP contribution in [-0.2, 0) is 19.5 Å². The lowest BCUT2D eigenvalue weighted by atomic mass is 10.0. The number of hydrogen-bond acceptors (Lipinski definition) is 3. The van der Waals surface area contributed by atoms with E-state index in [1.165, 1.54) is 27.7 Å². The van der Waals surface area contributed by atoms with Gasteiger partial charge in [-0.3, -0.25) is 4.90 Å². The first-order chi connectivity index (χ1) is 13.7. The first kappa shape index (κ1) is 17.4. The summed E-state index contributed by atoms with van der Waals surface area (Å²) in [5, 5.41) is 2.05. The molecule has 5 heteroatoms. The van der Waals surface area contributed by atoms with E-state index in [-0.39, 0.29) is 0 Å². The summed E-state index contributed by atoms with van der Waals surface area (Å²) in [6.07, 6.45) is 2.93. The summed E-state index contributed by atoms with van der Waals surface area (Å²) in [4.78, 5) is 15.4. The van der Waals surface area contributed by atoms with Crippen LogP contribution in [0.3, 0.4) is 0 Å². The van der Waals surface area contributed by atoms with Crippen LogP contribution in [0.5, 0.6) is 0 Å². The molecular weight excluding hydrogens is 368 g/mol. The molecule has 0 fully saturated rings. The zero-order valence-corrected chi connectivity index (χ0v) is 16.5. The van der Waals surface area contributed by atoms with Crippen LogP contribution in [-0.4, -0.2) is 26.4 Å². The molecule has 4 nitrogen and oxygen atoms in total. The minimum Gasteiger partial charge on any atom is -0.358 e. The van der Waals surface area contributed by atoms with Crippen molar-refractivity contribution in [2.45, 2.75) is 26.4 Å². The van der Waals surface area contributed by atoms with E-state index < -0.39 is 0 Å². The average molecular weight is 389 g/mol. The molecule has 0 unspecified atom stereocenters. The number of halogens is 1. The van der Waals surface area contributed by atoms with Crippen molar-refractivity contribution in [2.75, 3.05) is 6.54 Å². The van der Waals surface area contributed by atoms with Crippen LogP contribution in [0, 0.1) is 6.92 Å². The van der Waals surface area contributed by atoms with Crippen LogP contribution in [0.2, 0.25) is 5.02 Å². The zero-order valence-electron chi connectivity index (χ0n) is 15.7. The van der Waals surface area contributed by atoms with Gasteiger partial charge >= 0.3 is 0 Å². The molecule has 3 heterocycles. The summed E-state index contributed by atoms with van der Waals surface area (Å²) in [6, 6.07) is 16.2. The lowest BCUT2D eigenvalue weighted by Gasteiger charge is -2.28. The van der Waals surface area contributed by atoms with Gasteiger partial charge in [-0.15, -0.1) is 0 Å². The molecule has 0 spiro atoms. The second-order valence-electron chi connectivity index (χ2n) is 7.41. The molecule has 5 rings (SSSR count). The van der Waals surface area contributed by atoms with Crippen LogP contribution in [0.4, 0.5) is 0 Å². The van der Waals surface area contributed by atoms with Gasteiger partial charge in [0, 0.05) is 65.0 Å². The van der Waals surface area contributed by atoms with Crippen molar-refractivity contribution < 1.29 is 0 Å². The molecule has 2 aromatic carbocycles. The third-order valence-corrected chi connectivity index (χ3v) is 5.78. The smallest absolute Gasteiger partial charge is 0.159 e. The lowest BCUT2D eigenvalue weighted by molar-refractivity contribution is 0.243. The molecule has 0 aliphatic carbocycles. The molecule has 140 valence electrons. The standard InChI is InChI=1S/C23H21ClN4/c1-15-20(19-4-2-3-5-22(19)26-15)14-28-11-10-21-17(13-28)12-25-23(27-21)16-6-8-18(24)9-7-16/h2-9,12,26H,10-11,13-14H2,1H3. The van der Waals surface area contributed by atoms with Crippen molar-refractivity contribution >= 4 is 22.5 Å². The molecule has 1 aliphatic rings.